The first-order chi connectivity index (χ1) is 14.2. The van der Waals surface area contributed by atoms with Gasteiger partial charge >= 0.3 is 0 Å². The summed E-state index contributed by atoms with van der Waals surface area (Å²) >= 11 is 3.13. The standard InChI is InChI=1S/C21H20N4O2S2/c1-13-7-9-14(10-8-13)19-23-21(25-24-19)29-12-15-11-28-20(22-15)16-5-4-6-17(26-2)18(16)27-3/h4-11H,12H2,1-3H3,(H,23,24,25). The molecule has 0 saturated heterocycles. The highest BCUT2D eigenvalue weighted by Crippen LogP contribution is 2.39. The molecule has 1 N–H and O–H groups in total. The second kappa shape index (κ2) is 8.67. The Morgan fingerprint density at radius 3 is 2.62 bits per heavy atom. The number of hydrogen-bond acceptors (Lipinski definition) is 7. The van der Waals surface area contributed by atoms with E-state index in [1.54, 1.807) is 37.3 Å². The summed E-state index contributed by atoms with van der Waals surface area (Å²) in [6.45, 7) is 2.06. The molecule has 0 amide bonds. The molecule has 2 aromatic carbocycles. The Balaban J connectivity index is 1.46. The Labute approximate surface area is 177 Å². The van der Waals surface area contributed by atoms with Crippen LogP contribution in [0, 0.1) is 6.92 Å². The molecule has 0 saturated carbocycles. The van der Waals surface area contributed by atoms with Crippen molar-refractivity contribution in [2.45, 2.75) is 17.8 Å². The van der Waals surface area contributed by atoms with Crippen LogP contribution >= 0.6 is 23.1 Å². The summed E-state index contributed by atoms with van der Waals surface area (Å²) < 4.78 is 10.9. The van der Waals surface area contributed by atoms with Crippen molar-refractivity contribution in [1.29, 1.82) is 0 Å². The molecule has 29 heavy (non-hydrogen) atoms. The van der Waals surface area contributed by atoms with Crippen LogP contribution in [0.5, 0.6) is 11.5 Å². The zero-order valence-electron chi connectivity index (χ0n) is 16.3. The fourth-order valence-corrected chi connectivity index (χ4v) is 4.48. The molecule has 4 aromatic rings. The molecule has 0 aliphatic carbocycles. The second-order valence-corrected chi connectivity index (χ2v) is 8.11. The van der Waals surface area contributed by atoms with Gasteiger partial charge in [-0.2, -0.15) is 0 Å². The second-order valence-electron chi connectivity index (χ2n) is 6.31. The third-order valence-corrected chi connectivity index (χ3v) is 6.13. The summed E-state index contributed by atoms with van der Waals surface area (Å²) in [6, 6.07) is 14.0. The van der Waals surface area contributed by atoms with Gasteiger partial charge in [-0.05, 0) is 19.1 Å². The molecule has 148 valence electrons. The van der Waals surface area contributed by atoms with E-state index in [2.05, 4.69) is 39.6 Å². The highest BCUT2D eigenvalue weighted by atomic mass is 32.2. The van der Waals surface area contributed by atoms with E-state index in [1.807, 2.05) is 30.3 Å². The Morgan fingerprint density at radius 2 is 1.86 bits per heavy atom. The van der Waals surface area contributed by atoms with Crippen LogP contribution in [-0.2, 0) is 5.75 Å². The summed E-state index contributed by atoms with van der Waals surface area (Å²) in [5, 5.41) is 11.0. The van der Waals surface area contributed by atoms with E-state index in [9.17, 15) is 0 Å². The topological polar surface area (TPSA) is 72.9 Å². The van der Waals surface area contributed by atoms with Crippen LogP contribution in [0.2, 0.25) is 0 Å². The van der Waals surface area contributed by atoms with Crippen LogP contribution in [0.1, 0.15) is 11.3 Å². The molecule has 8 heteroatoms. The van der Waals surface area contributed by atoms with Crippen molar-refractivity contribution in [3.8, 4) is 33.5 Å². The fourth-order valence-electron chi connectivity index (χ4n) is 2.84. The fraction of sp³-hybridized carbons (Fsp3) is 0.190. The minimum atomic E-state index is 0.688. The molecular formula is C21H20N4O2S2. The summed E-state index contributed by atoms with van der Waals surface area (Å²) in [5.74, 6) is 2.85. The van der Waals surface area contributed by atoms with E-state index in [0.29, 0.717) is 22.4 Å². The van der Waals surface area contributed by atoms with Gasteiger partial charge < -0.3 is 9.47 Å². The van der Waals surface area contributed by atoms with Crippen LogP contribution in [0.3, 0.4) is 0 Å². The highest BCUT2D eigenvalue weighted by Gasteiger charge is 2.15. The average Bonchev–Trinajstić information content (AvgIpc) is 3.42. The van der Waals surface area contributed by atoms with Gasteiger partial charge in [0.15, 0.2) is 17.3 Å². The summed E-state index contributed by atoms with van der Waals surface area (Å²) in [7, 11) is 3.27. The van der Waals surface area contributed by atoms with Crippen molar-refractivity contribution in [3.63, 3.8) is 0 Å². The maximum atomic E-state index is 5.52. The Kier molecular flexibility index (Phi) is 5.82. The first-order valence-corrected chi connectivity index (χ1v) is 10.8. The number of rotatable bonds is 7. The first-order valence-electron chi connectivity index (χ1n) is 8.96. The first kappa shape index (κ1) is 19.5. The molecule has 2 heterocycles. The van der Waals surface area contributed by atoms with Crippen molar-refractivity contribution in [1.82, 2.24) is 20.2 Å². The molecule has 0 unspecified atom stereocenters. The van der Waals surface area contributed by atoms with Gasteiger partial charge in [-0.1, -0.05) is 47.7 Å². The third-order valence-electron chi connectivity index (χ3n) is 4.32. The maximum absolute atomic E-state index is 5.52. The lowest BCUT2D eigenvalue weighted by Gasteiger charge is -2.10. The molecule has 2 aromatic heterocycles. The number of para-hydroxylation sites is 1. The molecule has 0 atom stereocenters. The maximum Gasteiger partial charge on any atom is 0.209 e. The number of benzene rings is 2. The number of nitrogens with zero attached hydrogens (tertiary/aromatic N) is 3. The van der Waals surface area contributed by atoms with Gasteiger partial charge in [-0.3, -0.25) is 5.10 Å². The number of hydrogen-bond donors (Lipinski definition) is 1. The largest absolute Gasteiger partial charge is 0.493 e. The van der Waals surface area contributed by atoms with Crippen molar-refractivity contribution in [3.05, 3.63) is 59.1 Å². The van der Waals surface area contributed by atoms with E-state index in [0.717, 1.165) is 27.7 Å². The lowest BCUT2D eigenvalue weighted by atomic mass is 10.1. The lowest BCUT2D eigenvalue weighted by molar-refractivity contribution is 0.356. The van der Waals surface area contributed by atoms with Crippen molar-refractivity contribution in [2.24, 2.45) is 0 Å². The van der Waals surface area contributed by atoms with E-state index >= 15 is 0 Å². The van der Waals surface area contributed by atoms with Crippen LogP contribution in [0.4, 0.5) is 0 Å². The minimum Gasteiger partial charge on any atom is -0.493 e. The zero-order chi connectivity index (χ0) is 20.2. The summed E-state index contributed by atoms with van der Waals surface area (Å²) in [4.78, 5) is 9.33. The van der Waals surface area contributed by atoms with Gasteiger partial charge in [0.05, 0.1) is 25.5 Å². The summed E-state index contributed by atoms with van der Waals surface area (Å²) in [5.41, 5.74) is 4.14. The zero-order valence-corrected chi connectivity index (χ0v) is 17.9. The van der Waals surface area contributed by atoms with Crippen molar-refractivity contribution >= 4 is 23.1 Å². The predicted molar refractivity (Wildman–Crippen MR) is 117 cm³/mol. The number of thioether (sulfide) groups is 1. The molecule has 0 aliphatic heterocycles. The Morgan fingerprint density at radius 1 is 1.03 bits per heavy atom. The monoisotopic (exact) mass is 424 g/mol. The van der Waals surface area contributed by atoms with Crippen LogP contribution in [0.25, 0.3) is 22.0 Å². The van der Waals surface area contributed by atoms with E-state index in [4.69, 9.17) is 14.5 Å². The Bertz CT molecular complexity index is 1110. The molecule has 0 fully saturated rings. The number of aromatic amines is 1. The van der Waals surface area contributed by atoms with Gasteiger partial charge in [-0.25, -0.2) is 9.97 Å². The van der Waals surface area contributed by atoms with Crippen LogP contribution in [-0.4, -0.2) is 34.4 Å². The molecular weight excluding hydrogens is 404 g/mol. The van der Waals surface area contributed by atoms with Crippen LogP contribution < -0.4 is 9.47 Å². The number of H-pyrrole nitrogens is 1. The van der Waals surface area contributed by atoms with E-state index in [-0.39, 0.29) is 0 Å². The lowest BCUT2D eigenvalue weighted by Crippen LogP contribution is -1.93. The molecule has 4 rings (SSSR count). The average molecular weight is 425 g/mol. The van der Waals surface area contributed by atoms with Gasteiger partial charge in [0.1, 0.15) is 5.01 Å². The highest BCUT2D eigenvalue weighted by molar-refractivity contribution is 7.98. The van der Waals surface area contributed by atoms with E-state index < -0.39 is 0 Å². The number of nitrogens with one attached hydrogen (secondary N) is 1. The number of ether oxygens (including phenoxy) is 2. The van der Waals surface area contributed by atoms with Gasteiger partial charge in [0.2, 0.25) is 5.16 Å². The normalized spacial score (nSPS) is 10.9. The molecule has 6 nitrogen and oxygen atoms in total. The van der Waals surface area contributed by atoms with E-state index in [1.165, 1.54) is 5.56 Å². The number of aromatic nitrogens is 4. The molecule has 0 aliphatic rings. The van der Waals surface area contributed by atoms with Gasteiger partial charge in [0.25, 0.3) is 0 Å². The predicted octanol–water partition coefficient (Wildman–Crippen LogP) is 5.21. The quantitative estimate of drug-likeness (QED) is 0.411. The van der Waals surface area contributed by atoms with Crippen molar-refractivity contribution in [2.75, 3.05) is 14.2 Å². The molecule has 0 bridgehead atoms. The SMILES string of the molecule is COc1cccc(-c2nc(CSc3n[nH]c(-c4ccc(C)cc4)n3)cs2)c1OC. The summed E-state index contributed by atoms with van der Waals surface area (Å²) in [6.07, 6.45) is 0. The number of methoxy groups -OCH3 is 2. The van der Waals surface area contributed by atoms with Gasteiger partial charge in [0, 0.05) is 16.7 Å². The number of thiazole rings is 1. The van der Waals surface area contributed by atoms with Crippen LogP contribution in [0.15, 0.2) is 53.0 Å². The molecule has 0 spiro atoms. The number of aryl methyl sites for hydroxylation is 1. The third kappa shape index (κ3) is 4.28. The smallest absolute Gasteiger partial charge is 0.209 e. The molecule has 0 radical (unpaired) electrons. The minimum absolute atomic E-state index is 0.688. The Hall–Kier alpha value is -2.84. The van der Waals surface area contributed by atoms with Gasteiger partial charge in [-0.15, -0.1) is 16.4 Å². The van der Waals surface area contributed by atoms with Crippen molar-refractivity contribution < 1.29 is 9.47 Å².